The molecule has 3 N–H and O–H groups in total. The molecule has 1 aromatic rings. The summed E-state index contributed by atoms with van der Waals surface area (Å²) in [6, 6.07) is 4.58. The molecule has 0 radical (unpaired) electrons. The highest BCUT2D eigenvalue weighted by Crippen LogP contribution is 2.41. The summed E-state index contributed by atoms with van der Waals surface area (Å²) in [4.78, 5) is 0. The third-order valence-corrected chi connectivity index (χ3v) is 4.34. The van der Waals surface area contributed by atoms with Gasteiger partial charge in [-0.15, -0.1) is 0 Å². The van der Waals surface area contributed by atoms with E-state index in [1.54, 1.807) is 0 Å². The van der Waals surface area contributed by atoms with E-state index in [0.717, 1.165) is 24.0 Å². The van der Waals surface area contributed by atoms with Crippen LogP contribution in [0, 0.1) is 5.41 Å². The first-order chi connectivity index (χ1) is 10.1. The molecule has 0 heterocycles. The second-order valence-corrected chi connectivity index (χ2v) is 10.1. The van der Waals surface area contributed by atoms with Gasteiger partial charge in [-0.25, -0.2) is 0 Å². The molecule has 1 unspecified atom stereocenters. The number of phenolic OH excluding ortho intramolecular Hbond substituents is 1. The van der Waals surface area contributed by atoms with E-state index in [2.05, 4.69) is 74.4 Å². The molecule has 0 fully saturated rings. The number of hydrogen-bond acceptors (Lipinski definition) is 2. The summed E-state index contributed by atoms with van der Waals surface area (Å²) in [5.41, 5.74) is 9.38. The van der Waals surface area contributed by atoms with Crippen LogP contribution in [0.1, 0.15) is 85.4 Å². The number of nitrogens with two attached hydrogens (primary N) is 1. The van der Waals surface area contributed by atoms with Crippen LogP contribution in [0.3, 0.4) is 0 Å². The minimum atomic E-state index is -0.0780. The van der Waals surface area contributed by atoms with Crippen LogP contribution in [0.15, 0.2) is 12.1 Å². The van der Waals surface area contributed by atoms with Crippen LogP contribution < -0.4 is 5.73 Å². The maximum Gasteiger partial charge on any atom is 0.123 e. The van der Waals surface area contributed by atoms with Gasteiger partial charge in [-0.1, -0.05) is 67.5 Å². The highest BCUT2D eigenvalue weighted by Gasteiger charge is 2.28. The van der Waals surface area contributed by atoms with Crippen LogP contribution in [0.5, 0.6) is 5.75 Å². The van der Waals surface area contributed by atoms with Crippen LogP contribution >= 0.6 is 0 Å². The van der Waals surface area contributed by atoms with Gasteiger partial charge in [0.1, 0.15) is 5.75 Å². The third-order valence-electron chi connectivity index (χ3n) is 4.34. The summed E-state index contributed by atoms with van der Waals surface area (Å²) in [5, 5.41) is 10.8. The van der Waals surface area contributed by atoms with Crippen molar-refractivity contribution in [1.29, 1.82) is 0 Å². The maximum absolute atomic E-state index is 10.8. The summed E-state index contributed by atoms with van der Waals surface area (Å²) in [6.07, 6.45) is 1.96. The van der Waals surface area contributed by atoms with E-state index in [-0.39, 0.29) is 22.3 Å². The summed E-state index contributed by atoms with van der Waals surface area (Å²) in [6.45, 7) is 19.6. The standard InChI is InChI=1S/C21H37NO/c1-14(22)12-21(8,9)13-15-10-16(19(2,3)4)18(23)17(11-15)20(5,6)7/h10-11,14,23H,12-13,22H2,1-9H3. The molecule has 0 aliphatic carbocycles. The lowest BCUT2D eigenvalue weighted by Crippen LogP contribution is -2.27. The molecule has 132 valence electrons. The first kappa shape index (κ1) is 20.0. The Hall–Kier alpha value is -1.02. The fourth-order valence-electron chi connectivity index (χ4n) is 3.44. The molecule has 1 atom stereocenters. The molecule has 23 heavy (non-hydrogen) atoms. The smallest absolute Gasteiger partial charge is 0.123 e. The number of rotatable bonds is 4. The van der Waals surface area contributed by atoms with Crippen LogP contribution in [0.25, 0.3) is 0 Å². The average molecular weight is 320 g/mol. The quantitative estimate of drug-likeness (QED) is 0.791. The molecule has 0 bridgehead atoms. The lowest BCUT2D eigenvalue weighted by Gasteiger charge is -2.31. The van der Waals surface area contributed by atoms with Crippen LogP contribution in [-0.2, 0) is 17.3 Å². The zero-order valence-corrected chi connectivity index (χ0v) is 16.7. The van der Waals surface area contributed by atoms with E-state index in [1.807, 2.05) is 0 Å². The van der Waals surface area contributed by atoms with Gasteiger partial charge >= 0.3 is 0 Å². The summed E-state index contributed by atoms with van der Waals surface area (Å²) in [7, 11) is 0. The fraction of sp³-hybridized carbons (Fsp3) is 0.714. The predicted octanol–water partition coefficient (Wildman–Crippen LogP) is 5.29. The van der Waals surface area contributed by atoms with E-state index in [1.165, 1.54) is 5.56 Å². The predicted molar refractivity (Wildman–Crippen MR) is 101 cm³/mol. The molecular weight excluding hydrogens is 282 g/mol. The molecule has 1 rings (SSSR count). The largest absolute Gasteiger partial charge is 0.507 e. The first-order valence-electron chi connectivity index (χ1n) is 8.76. The van der Waals surface area contributed by atoms with Crippen molar-refractivity contribution in [3.05, 3.63) is 28.8 Å². The molecule has 0 aromatic heterocycles. The van der Waals surface area contributed by atoms with Crippen molar-refractivity contribution in [3.63, 3.8) is 0 Å². The number of aromatic hydroxyl groups is 1. The van der Waals surface area contributed by atoms with Crippen molar-refractivity contribution in [2.45, 2.75) is 92.0 Å². The fourth-order valence-corrected chi connectivity index (χ4v) is 3.44. The molecule has 0 saturated heterocycles. The highest BCUT2D eigenvalue weighted by atomic mass is 16.3. The van der Waals surface area contributed by atoms with Gasteiger partial charge in [-0.3, -0.25) is 0 Å². The van der Waals surface area contributed by atoms with Crippen LogP contribution in [0.2, 0.25) is 0 Å². The summed E-state index contributed by atoms with van der Waals surface area (Å²) >= 11 is 0. The Morgan fingerprint density at radius 1 is 0.913 bits per heavy atom. The van der Waals surface area contributed by atoms with Gasteiger partial charge in [0.25, 0.3) is 0 Å². The zero-order valence-electron chi connectivity index (χ0n) is 16.7. The van der Waals surface area contributed by atoms with Crippen molar-refractivity contribution in [2.75, 3.05) is 0 Å². The maximum atomic E-state index is 10.8. The lowest BCUT2D eigenvalue weighted by molar-refractivity contribution is 0.308. The minimum absolute atomic E-state index is 0.0780. The Labute approximate surface area is 143 Å². The second kappa shape index (κ2) is 6.47. The molecule has 1 aromatic carbocycles. The van der Waals surface area contributed by atoms with Crippen molar-refractivity contribution in [1.82, 2.24) is 0 Å². The van der Waals surface area contributed by atoms with E-state index in [9.17, 15) is 5.11 Å². The van der Waals surface area contributed by atoms with Crippen molar-refractivity contribution >= 4 is 0 Å². The van der Waals surface area contributed by atoms with Gasteiger partial charge in [-0.05, 0) is 52.7 Å². The number of hydrogen-bond donors (Lipinski definition) is 2. The molecule has 2 nitrogen and oxygen atoms in total. The van der Waals surface area contributed by atoms with E-state index < -0.39 is 0 Å². The van der Waals surface area contributed by atoms with E-state index >= 15 is 0 Å². The molecule has 0 spiro atoms. The van der Waals surface area contributed by atoms with E-state index in [4.69, 9.17) is 5.73 Å². The van der Waals surface area contributed by atoms with Gasteiger partial charge in [0.15, 0.2) is 0 Å². The highest BCUT2D eigenvalue weighted by molar-refractivity contribution is 5.50. The van der Waals surface area contributed by atoms with Crippen LogP contribution in [0.4, 0.5) is 0 Å². The van der Waals surface area contributed by atoms with Crippen molar-refractivity contribution in [3.8, 4) is 5.75 Å². The van der Waals surface area contributed by atoms with Gasteiger partial charge in [0.05, 0.1) is 0 Å². The van der Waals surface area contributed by atoms with E-state index in [0.29, 0.717) is 5.75 Å². The Balaban J connectivity index is 3.39. The monoisotopic (exact) mass is 319 g/mol. The Morgan fingerprint density at radius 2 is 1.30 bits per heavy atom. The zero-order chi connectivity index (χ0) is 18.2. The van der Waals surface area contributed by atoms with Gasteiger partial charge in [-0.2, -0.15) is 0 Å². The third kappa shape index (κ3) is 5.53. The van der Waals surface area contributed by atoms with Crippen molar-refractivity contribution < 1.29 is 5.11 Å². The molecule has 2 heteroatoms. The number of phenols is 1. The van der Waals surface area contributed by atoms with Crippen molar-refractivity contribution in [2.24, 2.45) is 11.1 Å². The van der Waals surface area contributed by atoms with Gasteiger partial charge in [0, 0.05) is 6.04 Å². The summed E-state index contributed by atoms with van der Waals surface area (Å²) < 4.78 is 0. The Morgan fingerprint density at radius 3 is 1.61 bits per heavy atom. The molecule has 0 aliphatic rings. The normalized spacial score (nSPS) is 14.9. The number of benzene rings is 1. The van der Waals surface area contributed by atoms with Gasteiger partial charge in [0.2, 0.25) is 0 Å². The lowest BCUT2D eigenvalue weighted by atomic mass is 9.75. The average Bonchev–Trinajstić information content (AvgIpc) is 2.25. The first-order valence-corrected chi connectivity index (χ1v) is 8.76. The topological polar surface area (TPSA) is 46.2 Å². The molecule has 0 saturated carbocycles. The van der Waals surface area contributed by atoms with Gasteiger partial charge < -0.3 is 10.8 Å². The molecule has 0 amide bonds. The second-order valence-electron chi connectivity index (χ2n) is 10.1. The summed E-state index contributed by atoms with van der Waals surface area (Å²) in [5.74, 6) is 0.457. The Bertz CT molecular complexity index is 507. The molecule has 0 aliphatic heterocycles. The molecular formula is C21H37NO. The SMILES string of the molecule is CC(N)CC(C)(C)Cc1cc(C(C)(C)C)c(O)c(C(C)(C)C)c1. The Kier molecular flexibility index (Phi) is 5.63. The van der Waals surface area contributed by atoms with Crippen LogP contribution in [-0.4, -0.2) is 11.1 Å². The minimum Gasteiger partial charge on any atom is -0.507 e.